The maximum atomic E-state index is 11.0. The summed E-state index contributed by atoms with van der Waals surface area (Å²) in [6, 6.07) is 2.12. The molecule has 3 N–H and O–H groups in total. The molecule has 0 spiro atoms. The molecule has 2 fully saturated rings. The van der Waals surface area contributed by atoms with Crippen LogP contribution in [0.15, 0.2) is 18.3 Å². The van der Waals surface area contributed by atoms with Gasteiger partial charge in [-0.2, -0.15) is 0 Å². The Labute approximate surface area is 171 Å². The van der Waals surface area contributed by atoms with Crippen molar-refractivity contribution in [3.8, 4) is 0 Å². The van der Waals surface area contributed by atoms with Gasteiger partial charge in [0, 0.05) is 31.4 Å². The summed E-state index contributed by atoms with van der Waals surface area (Å²) in [5, 5.41) is 12.4. The topological polar surface area (TPSA) is 77.5 Å². The maximum absolute atomic E-state index is 11.0. The number of piperidine rings is 1. The van der Waals surface area contributed by atoms with Gasteiger partial charge in [0.2, 0.25) is 0 Å². The highest BCUT2D eigenvalue weighted by Gasteiger charge is 2.27. The molecule has 0 bridgehead atoms. The van der Waals surface area contributed by atoms with E-state index in [-0.39, 0.29) is 24.8 Å². The monoisotopic (exact) mass is 422 g/mol. The molecule has 3 rings (SSSR count). The number of carbonyl (C=O) groups is 1. The molecule has 1 aromatic heterocycles. The number of likely N-dealkylation sites (tertiary alicyclic amines) is 1. The van der Waals surface area contributed by atoms with E-state index < -0.39 is 5.91 Å². The zero-order chi connectivity index (χ0) is 16.9. The number of amides is 1. The van der Waals surface area contributed by atoms with Crippen molar-refractivity contribution in [2.24, 2.45) is 5.92 Å². The molecule has 1 atom stereocenters. The molecule has 0 aromatic carbocycles. The number of pyridine rings is 1. The summed E-state index contributed by atoms with van der Waals surface area (Å²) in [6.45, 7) is 3.44. The van der Waals surface area contributed by atoms with Crippen molar-refractivity contribution in [2.45, 2.75) is 31.7 Å². The molecule has 0 radical (unpaired) electrons. The number of hydrogen-bond acceptors (Lipinski definition) is 5. The maximum Gasteiger partial charge on any atom is 0.267 e. The Balaban J connectivity index is 0.00000169. The van der Waals surface area contributed by atoms with Crippen LogP contribution in [0, 0.1) is 5.92 Å². The van der Waals surface area contributed by atoms with Gasteiger partial charge < -0.3 is 10.2 Å². The number of anilines is 1. The fourth-order valence-electron chi connectivity index (χ4n) is 3.06. The van der Waals surface area contributed by atoms with Gasteiger partial charge in [0.1, 0.15) is 5.82 Å². The first kappa shape index (κ1) is 23.0. The third-order valence-electron chi connectivity index (χ3n) is 4.46. The van der Waals surface area contributed by atoms with Crippen molar-refractivity contribution in [2.75, 3.05) is 25.0 Å². The van der Waals surface area contributed by atoms with Gasteiger partial charge in [0.05, 0.1) is 5.02 Å². The van der Waals surface area contributed by atoms with Gasteiger partial charge in [-0.05, 0) is 55.9 Å². The summed E-state index contributed by atoms with van der Waals surface area (Å²) in [6.07, 6.45) is 9.50. The van der Waals surface area contributed by atoms with Crippen LogP contribution in [-0.2, 0) is 4.79 Å². The number of hydrogen-bond donors (Lipinski definition) is 3. The lowest BCUT2D eigenvalue weighted by Crippen LogP contribution is -2.43. The Morgan fingerprint density at radius 1 is 1.38 bits per heavy atom. The molecule has 1 aliphatic carbocycles. The van der Waals surface area contributed by atoms with E-state index in [1.54, 1.807) is 23.8 Å². The lowest BCUT2D eigenvalue weighted by atomic mass is 10.1. The molecule has 2 heterocycles. The van der Waals surface area contributed by atoms with Gasteiger partial charge in [-0.1, -0.05) is 11.6 Å². The van der Waals surface area contributed by atoms with Crippen LogP contribution in [0.3, 0.4) is 0 Å². The lowest BCUT2D eigenvalue weighted by Gasteiger charge is -2.33. The average molecular weight is 424 g/mol. The van der Waals surface area contributed by atoms with Crippen molar-refractivity contribution < 1.29 is 10.0 Å². The van der Waals surface area contributed by atoms with Gasteiger partial charge in [0.25, 0.3) is 5.91 Å². The number of hydroxylamine groups is 1. The molecule has 26 heavy (non-hydrogen) atoms. The minimum absolute atomic E-state index is 0. The molecule has 146 valence electrons. The Kier molecular flexibility index (Phi) is 9.68. The van der Waals surface area contributed by atoms with Crippen molar-refractivity contribution >= 4 is 54.2 Å². The molecular formula is C17H25Cl3N4O2. The van der Waals surface area contributed by atoms with E-state index in [0.29, 0.717) is 22.4 Å². The second-order valence-electron chi connectivity index (χ2n) is 6.59. The molecular weight excluding hydrogens is 399 g/mol. The van der Waals surface area contributed by atoms with Gasteiger partial charge in [0.15, 0.2) is 0 Å². The van der Waals surface area contributed by atoms with Gasteiger partial charge in [-0.3, -0.25) is 10.0 Å². The highest BCUT2D eigenvalue weighted by Crippen LogP contribution is 2.31. The summed E-state index contributed by atoms with van der Waals surface area (Å²) >= 11 is 6.31. The summed E-state index contributed by atoms with van der Waals surface area (Å²) in [5.41, 5.74) is 2.24. The van der Waals surface area contributed by atoms with Gasteiger partial charge in [-0.15, -0.1) is 24.8 Å². The molecule has 9 heteroatoms. The molecule has 2 aliphatic rings. The first-order chi connectivity index (χ1) is 11.6. The van der Waals surface area contributed by atoms with Crippen LogP contribution in [0.5, 0.6) is 0 Å². The standard InChI is InChI=1S/C17H23ClN4O2.2ClH/c18-15-8-13(5-6-16(23)21-24)9-19-17(15)20-14-2-1-7-22(11-14)10-12-3-4-12;;/h5-6,8-9,12,14,24H,1-4,7,10-11H2,(H,19,20)(H,21,23);2*1H/t14-;;/m1../s1. The van der Waals surface area contributed by atoms with Crippen molar-refractivity contribution in [1.29, 1.82) is 0 Å². The number of nitrogens with zero attached hydrogens (tertiary/aromatic N) is 2. The van der Waals surface area contributed by atoms with Crippen LogP contribution in [0.4, 0.5) is 5.82 Å². The van der Waals surface area contributed by atoms with Gasteiger partial charge >= 0.3 is 0 Å². The summed E-state index contributed by atoms with van der Waals surface area (Å²) in [7, 11) is 0. The zero-order valence-corrected chi connectivity index (χ0v) is 16.7. The van der Waals surface area contributed by atoms with Crippen molar-refractivity contribution in [1.82, 2.24) is 15.4 Å². The van der Waals surface area contributed by atoms with Crippen LogP contribution in [-0.4, -0.2) is 46.7 Å². The van der Waals surface area contributed by atoms with E-state index in [1.807, 2.05) is 0 Å². The number of carbonyl (C=O) groups excluding carboxylic acids is 1. The molecule has 1 aliphatic heterocycles. The Morgan fingerprint density at radius 2 is 2.15 bits per heavy atom. The quantitative estimate of drug-likeness (QED) is 0.371. The third-order valence-corrected chi connectivity index (χ3v) is 4.75. The molecule has 1 saturated heterocycles. The third kappa shape index (κ3) is 6.93. The Hall–Kier alpha value is -1.05. The average Bonchev–Trinajstić information content (AvgIpc) is 3.39. The minimum atomic E-state index is -0.591. The van der Waals surface area contributed by atoms with E-state index in [9.17, 15) is 4.79 Å². The van der Waals surface area contributed by atoms with Crippen LogP contribution < -0.4 is 10.8 Å². The van der Waals surface area contributed by atoms with E-state index in [1.165, 1.54) is 38.4 Å². The predicted molar refractivity (Wildman–Crippen MR) is 109 cm³/mol. The van der Waals surface area contributed by atoms with E-state index >= 15 is 0 Å². The van der Waals surface area contributed by atoms with Gasteiger partial charge in [-0.25, -0.2) is 10.5 Å². The number of rotatable bonds is 6. The lowest BCUT2D eigenvalue weighted by molar-refractivity contribution is -0.124. The highest BCUT2D eigenvalue weighted by molar-refractivity contribution is 6.33. The van der Waals surface area contributed by atoms with Crippen LogP contribution in [0.25, 0.3) is 6.08 Å². The molecule has 1 amide bonds. The van der Waals surface area contributed by atoms with Crippen LogP contribution in [0.1, 0.15) is 31.2 Å². The number of nitrogens with one attached hydrogen (secondary N) is 2. The number of aromatic nitrogens is 1. The normalized spacial score (nSPS) is 20.2. The number of halogens is 3. The predicted octanol–water partition coefficient (Wildman–Crippen LogP) is 3.38. The highest BCUT2D eigenvalue weighted by atomic mass is 35.5. The fraction of sp³-hybridized carbons (Fsp3) is 0.529. The second-order valence-corrected chi connectivity index (χ2v) is 7.00. The SMILES string of the molecule is Cl.Cl.O=C(C=Cc1cnc(N[C@@H]2CCCN(CC3CC3)C2)c(Cl)c1)NO. The first-order valence-electron chi connectivity index (χ1n) is 8.40. The summed E-state index contributed by atoms with van der Waals surface area (Å²) < 4.78 is 0. The molecule has 0 unspecified atom stereocenters. The smallest absolute Gasteiger partial charge is 0.267 e. The zero-order valence-electron chi connectivity index (χ0n) is 14.4. The molecule has 6 nitrogen and oxygen atoms in total. The summed E-state index contributed by atoms with van der Waals surface area (Å²) in [4.78, 5) is 17.9. The largest absolute Gasteiger partial charge is 0.365 e. The molecule has 1 aromatic rings. The minimum Gasteiger partial charge on any atom is -0.365 e. The summed E-state index contributed by atoms with van der Waals surface area (Å²) in [5.74, 6) is 0.998. The van der Waals surface area contributed by atoms with E-state index in [0.717, 1.165) is 18.9 Å². The van der Waals surface area contributed by atoms with E-state index in [2.05, 4.69) is 15.2 Å². The fourth-order valence-corrected chi connectivity index (χ4v) is 3.29. The second kappa shape index (κ2) is 10.9. The van der Waals surface area contributed by atoms with Crippen molar-refractivity contribution in [3.63, 3.8) is 0 Å². The van der Waals surface area contributed by atoms with Crippen LogP contribution in [0.2, 0.25) is 5.02 Å². The molecule has 1 saturated carbocycles. The Morgan fingerprint density at radius 3 is 2.81 bits per heavy atom. The van der Waals surface area contributed by atoms with Crippen LogP contribution >= 0.6 is 36.4 Å². The Bertz CT molecular complexity index is 626. The van der Waals surface area contributed by atoms with Crippen molar-refractivity contribution in [3.05, 3.63) is 28.9 Å². The van der Waals surface area contributed by atoms with E-state index in [4.69, 9.17) is 16.8 Å². The first-order valence-corrected chi connectivity index (χ1v) is 8.78.